The molecule has 1 aromatic carbocycles. The van der Waals surface area contributed by atoms with Gasteiger partial charge in [-0.2, -0.15) is 5.01 Å². The first-order valence-electron chi connectivity index (χ1n) is 11.1. The Balaban J connectivity index is 1.20. The van der Waals surface area contributed by atoms with Gasteiger partial charge in [-0.25, -0.2) is 9.78 Å². The third-order valence-electron chi connectivity index (χ3n) is 6.64. The Morgan fingerprint density at radius 2 is 2.00 bits per heavy atom. The number of hydrogen-bond donors (Lipinski definition) is 2. The number of carbonyl (C=O) groups excluding carboxylic acids is 3. The van der Waals surface area contributed by atoms with E-state index in [9.17, 15) is 14.4 Å². The van der Waals surface area contributed by atoms with Gasteiger partial charge in [0.1, 0.15) is 5.54 Å². The van der Waals surface area contributed by atoms with E-state index in [4.69, 9.17) is 4.98 Å². The lowest BCUT2D eigenvalue weighted by Gasteiger charge is -2.32. The van der Waals surface area contributed by atoms with E-state index in [1.54, 1.807) is 11.3 Å². The van der Waals surface area contributed by atoms with Gasteiger partial charge >= 0.3 is 6.03 Å². The van der Waals surface area contributed by atoms with Crippen LogP contribution in [-0.2, 0) is 9.59 Å². The minimum Gasteiger partial charge on any atom is -0.322 e. The molecule has 0 radical (unpaired) electrons. The minimum absolute atomic E-state index is 0.158. The lowest BCUT2D eigenvalue weighted by molar-refractivity contribution is -0.140. The molecule has 5 rings (SSSR count). The molecule has 2 saturated heterocycles. The normalized spacial score (nSPS) is 24.0. The average molecular weight is 442 g/mol. The number of thiazole rings is 1. The number of para-hydroxylation sites is 1. The Morgan fingerprint density at radius 1 is 1.19 bits per heavy atom. The first-order valence-corrected chi connectivity index (χ1v) is 11.9. The zero-order valence-electron chi connectivity index (χ0n) is 17.4. The van der Waals surface area contributed by atoms with Crippen LogP contribution in [0.4, 0.5) is 4.79 Å². The van der Waals surface area contributed by atoms with Crippen molar-refractivity contribution in [3.05, 3.63) is 29.3 Å². The minimum atomic E-state index is -0.828. The van der Waals surface area contributed by atoms with Crippen molar-refractivity contribution < 1.29 is 14.4 Å². The number of imide groups is 1. The Hall–Kier alpha value is -2.52. The van der Waals surface area contributed by atoms with Crippen LogP contribution < -0.4 is 10.7 Å². The maximum atomic E-state index is 12.9. The second-order valence-corrected chi connectivity index (χ2v) is 9.90. The van der Waals surface area contributed by atoms with E-state index in [1.165, 1.54) is 4.70 Å². The maximum Gasteiger partial charge on any atom is 0.344 e. The Labute approximate surface area is 185 Å². The summed E-state index contributed by atoms with van der Waals surface area (Å²) in [6, 6.07) is 7.61. The molecule has 1 aliphatic carbocycles. The van der Waals surface area contributed by atoms with E-state index in [1.807, 2.05) is 18.2 Å². The Bertz CT molecular complexity index is 982. The van der Waals surface area contributed by atoms with Crippen molar-refractivity contribution in [2.75, 3.05) is 19.6 Å². The van der Waals surface area contributed by atoms with Gasteiger partial charge in [0.05, 0.1) is 21.8 Å². The lowest BCUT2D eigenvalue weighted by Crippen LogP contribution is -2.53. The van der Waals surface area contributed by atoms with Crippen LogP contribution in [0.1, 0.15) is 55.9 Å². The summed E-state index contributed by atoms with van der Waals surface area (Å²) in [7, 11) is 0. The molecular weight excluding hydrogens is 414 g/mol. The summed E-state index contributed by atoms with van der Waals surface area (Å²) in [5.74, 6) is -0.362. The number of nitrogens with zero attached hydrogens (tertiary/aromatic N) is 3. The molecular formula is C22H27N5O3S. The van der Waals surface area contributed by atoms with Gasteiger partial charge in [0.2, 0.25) is 0 Å². The molecule has 1 unspecified atom stereocenters. The molecule has 4 amide bonds. The number of hydrazine groups is 1. The topological polar surface area (TPSA) is 94.6 Å². The number of hydrogen-bond acceptors (Lipinski definition) is 6. The molecule has 164 valence electrons. The van der Waals surface area contributed by atoms with Crippen molar-refractivity contribution in [3.8, 4) is 0 Å². The fraction of sp³-hybridized carbons (Fsp3) is 0.545. The Morgan fingerprint density at radius 3 is 2.81 bits per heavy atom. The molecule has 3 fully saturated rings. The van der Waals surface area contributed by atoms with Crippen molar-refractivity contribution in [1.29, 1.82) is 0 Å². The lowest BCUT2D eigenvalue weighted by atomic mass is 9.82. The highest BCUT2D eigenvalue weighted by Gasteiger charge is 2.52. The summed E-state index contributed by atoms with van der Waals surface area (Å²) in [4.78, 5) is 44.8. The van der Waals surface area contributed by atoms with Crippen LogP contribution in [-0.4, -0.2) is 57.9 Å². The van der Waals surface area contributed by atoms with E-state index in [0.717, 1.165) is 60.7 Å². The third kappa shape index (κ3) is 3.92. The highest BCUT2D eigenvalue weighted by Crippen LogP contribution is 2.34. The second kappa shape index (κ2) is 8.20. The van der Waals surface area contributed by atoms with Gasteiger partial charge in [0.15, 0.2) is 0 Å². The van der Waals surface area contributed by atoms with Crippen LogP contribution in [0.3, 0.4) is 0 Å². The van der Waals surface area contributed by atoms with E-state index < -0.39 is 11.6 Å². The second-order valence-electron chi connectivity index (χ2n) is 8.84. The van der Waals surface area contributed by atoms with Crippen molar-refractivity contribution in [1.82, 2.24) is 25.6 Å². The number of benzene rings is 1. The molecule has 2 aliphatic heterocycles. The number of piperidine rings is 1. The fourth-order valence-electron chi connectivity index (χ4n) is 5.04. The largest absolute Gasteiger partial charge is 0.344 e. The number of aromatic nitrogens is 1. The van der Waals surface area contributed by atoms with Crippen LogP contribution in [0.2, 0.25) is 0 Å². The molecule has 8 nitrogen and oxygen atoms in total. The summed E-state index contributed by atoms with van der Waals surface area (Å²) < 4.78 is 1.18. The molecule has 2 N–H and O–H groups in total. The molecule has 0 bridgehead atoms. The first-order chi connectivity index (χ1) is 15.0. The third-order valence-corrected chi connectivity index (χ3v) is 7.84. The number of carbonyl (C=O) groups is 3. The quantitative estimate of drug-likeness (QED) is 0.712. The van der Waals surface area contributed by atoms with Crippen LogP contribution >= 0.6 is 11.3 Å². The molecule has 31 heavy (non-hydrogen) atoms. The number of nitrogens with one attached hydrogen (secondary N) is 2. The zero-order chi connectivity index (χ0) is 21.4. The molecule has 9 heteroatoms. The number of likely N-dealkylation sites (tertiary alicyclic amines) is 1. The predicted molar refractivity (Wildman–Crippen MR) is 117 cm³/mol. The monoisotopic (exact) mass is 441 g/mol. The van der Waals surface area contributed by atoms with E-state index in [-0.39, 0.29) is 18.4 Å². The van der Waals surface area contributed by atoms with E-state index in [2.05, 4.69) is 21.7 Å². The summed E-state index contributed by atoms with van der Waals surface area (Å²) >= 11 is 1.72. The molecule has 1 saturated carbocycles. The number of amides is 4. The number of fused-ring (bicyclic) bond motifs is 1. The van der Waals surface area contributed by atoms with Gasteiger partial charge in [0, 0.05) is 12.5 Å². The van der Waals surface area contributed by atoms with Gasteiger partial charge in [0.25, 0.3) is 11.8 Å². The smallest absolute Gasteiger partial charge is 0.322 e. The molecule has 3 heterocycles. The van der Waals surface area contributed by atoms with Gasteiger partial charge in [-0.1, -0.05) is 31.4 Å². The van der Waals surface area contributed by atoms with Crippen molar-refractivity contribution in [3.63, 3.8) is 0 Å². The van der Waals surface area contributed by atoms with Crippen LogP contribution in [0.5, 0.6) is 0 Å². The van der Waals surface area contributed by atoms with E-state index >= 15 is 0 Å². The summed E-state index contributed by atoms with van der Waals surface area (Å²) in [5.41, 5.74) is 2.74. The van der Waals surface area contributed by atoms with Gasteiger partial charge in [-0.3, -0.25) is 19.9 Å². The molecule has 1 atom stereocenters. The maximum absolute atomic E-state index is 12.9. The number of rotatable bonds is 4. The summed E-state index contributed by atoms with van der Waals surface area (Å²) in [6.45, 7) is 1.72. The van der Waals surface area contributed by atoms with Crippen LogP contribution in [0.25, 0.3) is 10.2 Å². The van der Waals surface area contributed by atoms with Crippen LogP contribution in [0, 0.1) is 0 Å². The van der Waals surface area contributed by atoms with Crippen molar-refractivity contribution >= 4 is 39.4 Å². The summed E-state index contributed by atoms with van der Waals surface area (Å²) in [5, 5.41) is 4.82. The zero-order valence-corrected chi connectivity index (χ0v) is 18.2. The van der Waals surface area contributed by atoms with Gasteiger partial charge in [-0.05, 0) is 44.4 Å². The van der Waals surface area contributed by atoms with E-state index in [0.29, 0.717) is 18.8 Å². The highest BCUT2D eigenvalue weighted by molar-refractivity contribution is 7.18. The standard InChI is InChI=1S/C22H27N5O3S/c28-18(25-27-20(29)22(24-21(27)30)10-4-1-5-11-22)14-26-12-6-7-15(13-26)19-23-16-8-2-3-9-17(16)31-19/h2-3,8-9,15H,1,4-7,10-14H2,(H,24,30)(H,25,28). The fourth-order valence-corrected chi connectivity index (χ4v) is 6.14. The molecule has 1 spiro atoms. The first kappa shape index (κ1) is 20.4. The predicted octanol–water partition coefficient (Wildman–Crippen LogP) is 2.76. The highest BCUT2D eigenvalue weighted by atomic mass is 32.1. The Kier molecular flexibility index (Phi) is 5.39. The molecule has 3 aliphatic rings. The van der Waals surface area contributed by atoms with Gasteiger partial charge < -0.3 is 5.32 Å². The van der Waals surface area contributed by atoms with Gasteiger partial charge in [-0.15, -0.1) is 11.3 Å². The SMILES string of the molecule is O=C(CN1CCCC(c2nc3ccccc3s2)C1)NN1C(=O)NC2(CCCCC2)C1=O. The number of urea groups is 1. The van der Waals surface area contributed by atoms with Crippen molar-refractivity contribution in [2.45, 2.75) is 56.4 Å². The molecule has 1 aromatic heterocycles. The average Bonchev–Trinajstić information content (AvgIpc) is 3.30. The molecule has 2 aromatic rings. The van der Waals surface area contributed by atoms with Crippen molar-refractivity contribution in [2.24, 2.45) is 0 Å². The van der Waals surface area contributed by atoms with Crippen LogP contribution in [0.15, 0.2) is 24.3 Å². The summed E-state index contributed by atoms with van der Waals surface area (Å²) in [6.07, 6.45) is 6.21.